The summed E-state index contributed by atoms with van der Waals surface area (Å²) in [5.41, 5.74) is 4.94. The van der Waals surface area contributed by atoms with Crippen LogP contribution in [-0.2, 0) is 4.79 Å². The molecule has 8 nitrogen and oxygen atoms in total. The Hall–Kier alpha value is -4.72. The van der Waals surface area contributed by atoms with Crippen molar-refractivity contribution < 1.29 is 14.3 Å². The van der Waals surface area contributed by atoms with Crippen molar-refractivity contribution in [3.8, 4) is 22.8 Å². The number of pyridine rings is 1. The predicted molar refractivity (Wildman–Crippen MR) is 130 cm³/mol. The van der Waals surface area contributed by atoms with E-state index in [1.165, 1.54) is 6.08 Å². The molecule has 0 unspecified atom stereocenters. The van der Waals surface area contributed by atoms with E-state index < -0.39 is 0 Å². The molecule has 2 aromatic carbocycles. The number of aryl methyl sites for hydroxylation is 1. The third-order valence-electron chi connectivity index (χ3n) is 5.19. The summed E-state index contributed by atoms with van der Waals surface area (Å²) in [4.78, 5) is 25.5. The number of anilines is 3. The van der Waals surface area contributed by atoms with Crippen molar-refractivity contribution in [2.24, 2.45) is 0 Å². The normalized spacial score (nSPS) is 12.0. The number of aromatic nitrogens is 3. The Morgan fingerprint density at radius 1 is 1.03 bits per heavy atom. The first-order chi connectivity index (χ1) is 16.6. The van der Waals surface area contributed by atoms with Gasteiger partial charge in [-0.2, -0.15) is 0 Å². The number of hydrogen-bond acceptors (Lipinski definition) is 7. The number of ether oxygens (including phenoxy) is 2. The molecular formula is C26H21N5O3. The molecule has 168 valence electrons. The third kappa shape index (κ3) is 4.86. The molecule has 1 aliphatic rings. The van der Waals surface area contributed by atoms with E-state index in [1.54, 1.807) is 24.7 Å². The second kappa shape index (κ2) is 9.41. The summed E-state index contributed by atoms with van der Waals surface area (Å²) in [5, 5.41) is 6.12. The van der Waals surface area contributed by atoms with Crippen LogP contribution in [-0.4, -0.2) is 27.7 Å². The Balaban J connectivity index is 1.28. The lowest BCUT2D eigenvalue weighted by atomic mass is 10.1. The van der Waals surface area contributed by atoms with Gasteiger partial charge in [0.2, 0.25) is 18.6 Å². The standard InChI is InChI=1S/C26H21N5O3/c1-17-4-7-20(29-25(32)9-6-18-5-8-23-24(13-18)34-16-33-23)14-22(17)31-26-28-12-10-21(30-26)19-3-2-11-27-15-19/h2-15H,16H2,1H3,(H,29,32)(H,28,30,31)/b9-6+. The van der Waals surface area contributed by atoms with Gasteiger partial charge in [-0.05, 0) is 66.6 Å². The molecule has 1 amide bonds. The Kier molecular flexibility index (Phi) is 5.85. The van der Waals surface area contributed by atoms with Gasteiger partial charge < -0.3 is 20.1 Å². The smallest absolute Gasteiger partial charge is 0.248 e. The van der Waals surface area contributed by atoms with E-state index in [-0.39, 0.29) is 12.7 Å². The van der Waals surface area contributed by atoms with E-state index >= 15 is 0 Å². The van der Waals surface area contributed by atoms with Crippen LogP contribution in [0.4, 0.5) is 17.3 Å². The zero-order chi connectivity index (χ0) is 23.3. The largest absolute Gasteiger partial charge is 0.454 e. The Morgan fingerprint density at radius 2 is 1.94 bits per heavy atom. The maximum absolute atomic E-state index is 12.5. The van der Waals surface area contributed by atoms with Crippen LogP contribution in [0.3, 0.4) is 0 Å². The fraction of sp³-hybridized carbons (Fsp3) is 0.0769. The minimum Gasteiger partial charge on any atom is -0.454 e. The zero-order valence-electron chi connectivity index (χ0n) is 18.4. The summed E-state index contributed by atoms with van der Waals surface area (Å²) in [5.74, 6) is 1.58. The van der Waals surface area contributed by atoms with Gasteiger partial charge in [0.05, 0.1) is 5.69 Å². The first-order valence-electron chi connectivity index (χ1n) is 10.6. The maximum Gasteiger partial charge on any atom is 0.248 e. The quantitative estimate of drug-likeness (QED) is 0.399. The number of carbonyl (C=O) groups is 1. The molecule has 0 radical (unpaired) electrons. The Labute approximate surface area is 196 Å². The Morgan fingerprint density at radius 3 is 2.82 bits per heavy atom. The van der Waals surface area contributed by atoms with E-state index in [2.05, 4.69) is 25.6 Å². The average Bonchev–Trinajstić information content (AvgIpc) is 3.34. The van der Waals surface area contributed by atoms with Gasteiger partial charge in [-0.1, -0.05) is 12.1 Å². The van der Waals surface area contributed by atoms with Crippen LogP contribution in [0.25, 0.3) is 17.3 Å². The van der Waals surface area contributed by atoms with Gasteiger partial charge in [0.1, 0.15) is 0 Å². The van der Waals surface area contributed by atoms with E-state index in [9.17, 15) is 4.79 Å². The summed E-state index contributed by atoms with van der Waals surface area (Å²) in [6, 6.07) is 16.8. The molecule has 0 aliphatic carbocycles. The highest BCUT2D eigenvalue weighted by atomic mass is 16.7. The number of fused-ring (bicyclic) bond motifs is 1. The molecule has 0 fully saturated rings. The zero-order valence-corrected chi connectivity index (χ0v) is 18.4. The van der Waals surface area contributed by atoms with Gasteiger partial charge in [0.25, 0.3) is 0 Å². The molecule has 4 aromatic rings. The number of rotatable bonds is 6. The monoisotopic (exact) mass is 451 g/mol. The highest BCUT2D eigenvalue weighted by molar-refractivity contribution is 6.02. The van der Waals surface area contributed by atoms with Crippen LogP contribution in [0.5, 0.6) is 11.5 Å². The van der Waals surface area contributed by atoms with Gasteiger partial charge in [-0.3, -0.25) is 9.78 Å². The van der Waals surface area contributed by atoms with E-state index in [0.717, 1.165) is 28.1 Å². The number of nitrogens with one attached hydrogen (secondary N) is 2. The van der Waals surface area contributed by atoms with Crippen molar-refractivity contribution in [2.45, 2.75) is 6.92 Å². The highest BCUT2D eigenvalue weighted by Gasteiger charge is 2.12. The van der Waals surface area contributed by atoms with Crippen molar-refractivity contribution in [3.05, 3.63) is 90.4 Å². The molecular weight excluding hydrogens is 430 g/mol. The van der Waals surface area contributed by atoms with Crippen LogP contribution in [0.1, 0.15) is 11.1 Å². The summed E-state index contributed by atoms with van der Waals surface area (Å²) < 4.78 is 10.7. The fourth-order valence-corrected chi connectivity index (χ4v) is 3.42. The van der Waals surface area contributed by atoms with E-state index in [1.807, 2.05) is 61.5 Å². The number of benzene rings is 2. The van der Waals surface area contributed by atoms with Gasteiger partial charge in [-0.25, -0.2) is 9.97 Å². The maximum atomic E-state index is 12.5. The van der Waals surface area contributed by atoms with Crippen molar-refractivity contribution in [1.82, 2.24) is 15.0 Å². The van der Waals surface area contributed by atoms with Crippen molar-refractivity contribution in [3.63, 3.8) is 0 Å². The fourth-order valence-electron chi connectivity index (χ4n) is 3.42. The van der Waals surface area contributed by atoms with Gasteiger partial charge >= 0.3 is 0 Å². The van der Waals surface area contributed by atoms with Crippen LogP contribution in [0.15, 0.2) is 79.3 Å². The minimum atomic E-state index is -0.248. The van der Waals surface area contributed by atoms with Gasteiger partial charge in [0, 0.05) is 41.6 Å². The van der Waals surface area contributed by atoms with Crippen LogP contribution >= 0.6 is 0 Å². The van der Waals surface area contributed by atoms with Gasteiger partial charge in [0.15, 0.2) is 11.5 Å². The average molecular weight is 451 g/mol. The minimum absolute atomic E-state index is 0.214. The topological polar surface area (TPSA) is 98.3 Å². The lowest BCUT2D eigenvalue weighted by molar-refractivity contribution is -0.111. The second-order valence-corrected chi connectivity index (χ2v) is 7.60. The third-order valence-corrected chi connectivity index (χ3v) is 5.19. The molecule has 0 spiro atoms. The SMILES string of the molecule is Cc1ccc(NC(=O)/C=C/c2ccc3c(c2)OCO3)cc1Nc1nccc(-c2cccnc2)n1. The molecule has 0 saturated heterocycles. The van der Waals surface area contributed by atoms with E-state index in [4.69, 9.17) is 9.47 Å². The lowest BCUT2D eigenvalue weighted by Gasteiger charge is -2.11. The Bertz CT molecular complexity index is 1370. The molecule has 3 heterocycles. The first kappa shape index (κ1) is 21.1. The highest BCUT2D eigenvalue weighted by Crippen LogP contribution is 2.32. The van der Waals surface area contributed by atoms with Crippen LogP contribution in [0.2, 0.25) is 0 Å². The lowest BCUT2D eigenvalue weighted by Crippen LogP contribution is -2.08. The molecule has 2 N–H and O–H groups in total. The van der Waals surface area contributed by atoms with Crippen LogP contribution in [0, 0.1) is 6.92 Å². The van der Waals surface area contributed by atoms with Crippen molar-refractivity contribution >= 4 is 29.3 Å². The number of nitrogens with zero attached hydrogens (tertiary/aromatic N) is 3. The molecule has 0 saturated carbocycles. The number of carbonyl (C=O) groups excluding carboxylic acids is 1. The van der Waals surface area contributed by atoms with E-state index in [0.29, 0.717) is 23.1 Å². The molecule has 1 aliphatic heterocycles. The molecule has 2 aromatic heterocycles. The van der Waals surface area contributed by atoms with Crippen molar-refractivity contribution in [1.29, 1.82) is 0 Å². The molecule has 34 heavy (non-hydrogen) atoms. The molecule has 0 bridgehead atoms. The summed E-state index contributed by atoms with van der Waals surface area (Å²) >= 11 is 0. The summed E-state index contributed by atoms with van der Waals surface area (Å²) in [6.45, 7) is 2.18. The molecule has 0 atom stereocenters. The number of hydrogen-bond donors (Lipinski definition) is 2. The van der Waals surface area contributed by atoms with Gasteiger partial charge in [-0.15, -0.1) is 0 Å². The number of amides is 1. The molecule has 5 rings (SSSR count). The summed E-state index contributed by atoms with van der Waals surface area (Å²) in [7, 11) is 0. The van der Waals surface area contributed by atoms with Crippen LogP contribution < -0.4 is 20.1 Å². The molecule has 8 heteroatoms. The van der Waals surface area contributed by atoms with Crippen molar-refractivity contribution in [2.75, 3.05) is 17.4 Å². The summed E-state index contributed by atoms with van der Waals surface area (Å²) in [6.07, 6.45) is 8.37. The predicted octanol–water partition coefficient (Wildman–Crippen LogP) is 4.97. The first-order valence-corrected chi connectivity index (χ1v) is 10.6. The second-order valence-electron chi connectivity index (χ2n) is 7.60.